The monoisotopic (exact) mass is 247 g/mol. The molecule has 0 radical (unpaired) electrons. The van der Waals surface area contributed by atoms with Gasteiger partial charge in [-0.25, -0.2) is 8.42 Å². The molecule has 4 heteroatoms. The molecule has 1 atom stereocenters. The molecule has 0 amide bonds. The van der Waals surface area contributed by atoms with E-state index >= 15 is 0 Å². The molecule has 0 spiro atoms. The fourth-order valence-corrected chi connectivity index (χ4v) is 3.81. The van der Waals surface area contributed by atoms with Crippen LogP contribution in [0.25, 0.3) is 0 Å². The third kappa shape index (κ3) is 4.42. The van der Waals surface area contributed by atoms with E-state index in [1.165, 1.54) is 6.26 Å². The maximum atomic E-state index is 11.3. The summed E-state index contributed by atoms with van der Waals surface area (Å²) >= 11 is 0. The van der Waals surface area contributed by atoms with Crippen LogP contribution in [0.4, 0.5) is 0 Å². The normalized spacial score (nSPS) is 21.1. The van der Waals surface area contributed by atoms with Crippen molar-refractivity contribution < 1.29 is 8.42 Å². The molecule has 1 aliphatic rings. The van der Waals surface area contributed by atoms with Crippen LogP contribution in [0.2, 0.25) is 0 Å². The maximum absolute atomic E-state index is 11.3. The van der Waals surface area contributed by atoms with Crippen LogP contribution in [-0.4, -0.2) is 33.0 Å². The SMILES string of the molecule is CCC(NCC1(CS(C)(=O)=O)CC1)C(C)C. The van der Waals surface area contributed by atoms with Crippen LogP contribution in [0.1, 0.15) is 40.0 Å². The second kappa shape index (κ2) is 5.05. The molecule has 1 unspecified atom stereocenters. The summed E-state index contributed by atoms with van der Waals surface area (Å²) in [7, 11) is -2.83. The lowest BCUT2D eigenvalue weighted by atomic mass is 10.0. The molecule has 0 bridgehead atoms. The Labute approximate surface area is 99.9 Å². The predicted molar refractivity (Wildman–Crippen MR) is 68.3 cm³/mol. The second-order valence-corrected chi connectivity index (χ2v) is 7.85. The third-order valence-corrected chi connectivity index (χ3v) is 4.65. The van der Waals surface area contributed by atoms with Gasteiger partial charge in [0.1, 0.15) is 9.84 Å². The Hall–Kier alpha value is -0.0900. The van der Waals surface area contributed by atoms with Gasteiger partial charge in [-0.15, -0.1) is 0 Å². The third-order valence-electron chi connectivity index (χ3n) is 3.51. The number of sulfone groups is 1. The second-order valence-electron chi connectivity index (χ2n) is 5.71. The first kappa shape index (κ1) is 14.0. The molecule has 0 aromatic heterocycles. The van der Waals surface area contributed by atoms with Gasteiger partial charge in [-0.05, 0) is 30.6 Å². The van der Waals surface area contributed by atoms with E-state index in [4.69, 9.17) is 0 Å². The van der Waals surface area contributed by atoms with E-state index in [9.17, 15) is 8.42 Å². The maximum Gasteiger partial charge on any atom is 0.148 e. The Balaban J connectivity index is 2.43. The van der Waals surface area contributed by atoms with Gasteiger partial charge in [0.05, 0.1) is 5.75 Å². The molecule has 0 heterocycles. The molecule has 1 rings (SSSR count). The summed E-state index contributed by atoms with van der Waals surface area (Å²) in [6, 6.07) is 0.511. The van der Waals surface area contributed by atoms with Gasteiger partial charge >= 0.3 is 0 Å². The highest BCUT2D eigenvalue weighted by molar-refractivity contribution is 7.90. The standard InChI is InChI=1S/C12H25NO2S/c1-5-11(10(2)3)13-8-12(6-7-12)9-16(4,14)15/h10-11,13H,5-9H2,1-4H3. The van der Waals surface area contributed by atoms with Crippen molar-refractivity contribution in [1.29, 1.82) is 0 Å². The van der Waals surface area contributed by atoms with Crippen LogP contribution in [0, 0.1) is 11.3 Å². The lowest BCUT2D eigenvalue weighted by Crippen LogP contribution is -2.39. The van der Waals surface area contributed by atoms with Crippen LogP contribution in [-0.2, 0) is 9.84 Å². The predicted octanol–water partition coefficient (Wildman–Crippen LogP) is 1.84. The molecule has 0 aromatic carbocycles. The summed E-state index contributed by atoms with van der Waals surface area (Å²) in [6.07, 6.45) is 4.56. The van der Waals surface area contributed by atoms with Gasteiger partial charge in [0, 0.05) is 18.8 Å². The zero-order valence-electron chi connectivity index (χ0n) is 10.9. The Kier molecular flexibility index (Phi) is 4.41. The summed E-state index contributed by atoms with van der Waals surface area (Å²) in [4.78, 5) is 0. The van der Waals surface area contributed by atoms with E-state index < -0.39 is 9.84 Å². The average molecular weight is 247 g/mol. The Morgan fingerprint density at radius 1 is 1.31 bits per heavy atom. The first-order chi connectivity index (χ1) is 7.28. The van der Waals surface area contributed by atoms with Crippen molar-refractivity contribution in [3.63, 3.8) is 0 Å². The number of nitrogens with one attached hydrogen (secondary N) is 1. The highest BCUT2D eigenvalue weighted by Crippen LogP contribution is 2.46. The van der Waals surface area contributed by atoms with Crippen molar-refractivity contribution in [2.75, 3.05) is 18.6 Å². The molecule has 3 nitrogen and oxygen atoms in total. The molecular formula is C12H25NO2S. The van der Waals surface area contributed by atoms with Crippen molar-refractivity contribution in [3.05, 3.63) is 0 Å². The van der Waals surface area contributed by atoms with Gasteiger partial charge in [0.2, 0.25) is 0 Å². The summed E-state index contributed by atoms with van der Waals surface area (Å²) in [5.41, 5.74) is 0.0515. The van der Waals surface area contributed by atoms with Gasteiger partial charge in [-0.3, -0.25) is 0 Å². The molecule has 1 saturated carbocycles. The Bertz CT molecular complexity index is 318. The topological polar surface area (TPSA) is 46.2 Å². The highest BCUT2D eigenvalue weighted by Gasteiger charge is 2.45. The minimum Gasteiger partial charge on any atom is -0.313 e. The quantitative estimate of drug-likeness (QED) is 0.746. The molecule has 0 saturated heterocycles. The number of hydrogen-bond acceptors (Lipinski definition) is 3. The van der Waals surface area contributed by atoms with Gasteiger partial charge in [0.15, 0.2) is 0 Å². The summed E-state index contributed by atoms with van der Waals surface area (Å²) in [5.74, 6) is 0.959. The van der Waals surface area contributed by atoms with Gasteiger partial charge in [-0.2, -0.15) is 0 Å². The highest BCUT2D eigenvalue weighted by atomic mass is 32.2. The molecule has 1 N–H and O–H groups in total. The zero-order valence-corrected chi connectivity index (χ0v) is 11.7. The molecule has 96 valence electrons. The molecule has 0 aromatic rings. The lowest BCUT2D eigenvalue weighted by molar-refractivity contribution is 0.355. The minimum absolute atomic E-state index is 0.0515. The van der Waals surface area contributed by atoms with Crippen molar-refractivity contribution in [2.45, 2.75) is 46.1 Å². The van der Waals surface area contributed by atoms with E-state index in [1.54, 1.807) is 0 Å². The molecular weight excluding hydrogens is 222 g/mol. The first-order valence-electron chi connectivity index (χ1n) is 6.19. The Morgan fingerprint density at radius 2 is 1.88 bits per heavy atom. The van der Waals surface area contributed by atoms with Gasteiger partial charge in [0.25, 0.3) is 0 Å². The lowest BCUT2D eigenvalue weighted by Gasteiger charge is -2.24. The van der Waals surface area contributed by atoms with Crippen LogP contribution in [0.3, 0.4) is 0 Å². The first-order valence-corrected chi connectivity index (χ1v) is 8.25. The smallest absolute Gasteiger partial charge is 0.148 e. The van der Waals surface area contributed by atoms with E-state index in [2.05, 4.69) is 26.1 Å². The number of rotatable bonds is 7. The molecule has 1 aliphatic carbocycles. The molecule has 16 heavy (non-hydrogen) atoms. The van der Waals surface area contributed by atoms with Crippen molar-refractivity contribution in [1.82, 2.24) is 5.32 Å². The van der Waals surface area contributed by atoms with Crippen LogP contribution in [0.15, 0.2) is 0 Å². The van der Waals surface area contributed by atoms with Crippen molar-refractivity contribution in [3.8, 4) is 0 Å². The fourth-order valence-electron chi connectivity index (χ4n) is 2.30. The van der Waals surface area contributed by atoms with E-state index in [0.717, 1.165) is 25.8 Å². The van der Waals surface area contributed by atoms with Crippen LogP contribution < -0.4 is 5.32 Å². The molecule has 0 aliphatic heterocycles. The zero-order chi connectivity index (χ0) is 12.4. The number of hydrogen-bond donors (Lipinski definition) is 1. The van der Waals surface area contributed by atoms with E-state index in [1.807, 2.05) is 0 Å². The van der Waals surface area contributed by atoms with Crippen molar-refractivity contribution >= 4 is 9.84 Å². The average Bonchev–Trinajstić information content (AvgIpc) is 2.82. The van der Waals surface area contributed by atoms with E-state index in [-0.39, 0.29) is 5.41 Å². The van der Waals surface area contributed by atoms with Gasteiger partial charge in [-0.1, -0.05) is 20.8 Å². The summed E-state index contributed by atoms with van der Waals surface area (Å²) < 4.78 is 22.6. The minimum atomic E-state index is -2.83. The van der Waals surface area contributed by atoms with Crippen LogP contribution >= 0.6 is 0 Å². The largest absolute Gasteiger partial charge is 0.313 e. The molecule has 1 fully saturated rings. The Morgan fingerprint density at radius 3 is 2.19 bits per heavy atom. The van der Waals surface area contributed by atoms with Crippen LogP contribution in [0.5, 0.6) is 0 Å². The van der Waals surface area contributed by atoms with E-state index in [0.29, 0.717) is 17.7 Å². The summed E-state index contributed by atoms with van der Waals surface area (Å²) in [6.45, 7) is 7.44. The summed E-state index contributed by atoms with van der Waals surface area (Å²) in [5, 5.41) is 3.53. The fraction of sp³-hybridized carbons (Fsp3) is 1.00. The van der Waals surface area contributed by atoms with Crippen molar-refractivity contribution in [2.24, 2.45) is 11.3 Å². The van der Waals surface area contributed by atoms with Gasteiger partial charge < -0.3 is 5.32 Å².